The lowest BCUT2D eigenvalue weighted by Gasteiger charge is -2.17. The van der Waals surface area contributed by atoms with Crippen molar-refractivity contribution in [2.75, 3.05) is 35.7 Å². The third-order valence-corrected chi connectivity index (χ3v) is 7.90. The normalized spacial score (nSPS) is 22.1. The summed E-state index contributed by atoms with van der Waals surface area (Å²) in [6.07, 6.45) is 1.56. The summed E-state index contributed by atoms with van der Waals surface area (Å²) >= 11 is 0. The number of carbonyl (C=O) groups is 1. The van der Waals surface area contributed by atoms with Crippen LogP contribution in [0.3, 0.4) is 0 Å². The number of nitrogens with zero attached hydrogens (tertiary/aromatic N) is 7. The molecule has 0 saturated carbocycles. The molecule has 6 atom stereocenters. The number of aromatic nitrogens is 4. The number of azide groups is 1. The molecule has 0 radical (unpaired) electrons. The second kappa shape index (κ2) is 15.1. The van der Waals surface area contributed by atoms with Crippen LogP contribution in [-0.4, -0.2) is 91.1 Å². The monoisotopic (exact) mass is 546 g/mol. The van der Waals surface area contributed by atoms with E-state index in [1.807, 2.05) is 0 Å². The molecule has 3 unspecified atom stereocenters. The lowest BCUT2D eigenvalue weighted by Crippen LogP contribution is -2.37. The second-order valence-corrected chi connectivity index (χ2v) is 10.6. The van der Waals surface area contributed by atoms with Gasteiger partial charge in [0, 0.05) is 41.7 Å². The highest BCUT2D eigenvalue weighted by molar-refractivity contribution is 7.97. The number of imidazole rings is 1. The molecule has 1 saturated heterocycles. The largest absolute Gasteiger partial charge is 0.449 e. The molecule has 0 bridgehead atoms. The van der Waals surface area contributed by atoms with Crippen LogP contribution in [0.15, 0.2) is 30.4 Å². The summed E-state index contributed by atoms with van der Waals surface area (Å²) in [7, 11) is -0.377. The van der Waals surface area contributed by atoms with E-state index < -0.39 is 30.8 Å². The Morgan fingerprint density at radius 2 is 2.24 bits per heavy atom. The third kappa shape index (κ3) is 7.81. The molecule has 5 N–H and O–H groups in total. The molecular formula is C23H32N9O5S+. The average molecular weight is 547 g/mol. The highest BCUT2D eigenvalue weighted by atomic mass is 32.2. The van der Waals surface area contributed by atoms with Crippen LogP contribution in [0.4, 0.5) is 5.82 Å². The van der Waals surface area contributed by atoms with Crippen LogP contribution >= 0.6 is 0 Å². The first-order chi connectivity index (χ1) is 18.5. The van der Waals surface area contributed by atoms with Crippen molar-refractivity contribution in [2.24, 2.45) is 10.8 Å². The minimum Gasteiger partial charge on any atom is -0.449 e. The number of nitrogens with one attached hydrogen (secondary N) is 1. The zero-order chi connectivity index (χ0) is 27.3. The summed E-state index contributed by atoms with van der Waals surface area (Å²) in [5, 5.41) is 28.3. The van der Waals surface area contributed by atoms with E-state index in [1.165, 1.54) is 12.7 Å². The number of unbranched alkanes of at least 4 members (excludes halogenated alkanes) is 1. The van der Waals surface area contributed by atoms with Crippen LogP contribution in [-0.2, 0) is 25.2 Å². The minimum atomic E-state index is -1.21. The van der Waals surface area contributed by atoms with Crippen LogP contribution in [0.5, 0.6) is 0 Å². The molecular weight excluding hydrogens is 514 g/mol. The first-order valence-corrected chi connectivity index (χ1v) is 13.7. The van der Waals surface area contributed by atoms with Crippen LogP contribution in [0, 0.1) is 11.8 Å². The molecule has 1 aliphatic rings. The number of fused-ring (bicyclic) bond motifs is 1. The maximum atomic E-state index is 10.9. The first-order valence-electron chi connectivity index (χ1n) is 12.0. The van der Waals surface area contributed by atoms with Crippen molar-refractivity contribution in [1.82, 2.24) is 19.5 Å². The Morgan fingerprint density at radius 1 is 1.39 bits per heavy atom. The summed E-state index contributed by atoms with van der Waals surface area (Å²) in [5.41, 5.74) is 15.1. The predicted molar refractivity (Wildman–Crippen MR) is 143 cm³/mol. The molecule has 1 fully saturated rings. The minimum absolute atomic E-state index is 0.314. The fraction of sp³-hybridized carbons (Fsp3) is 0.565. The van der Waals surface area contributed by atoms with E-state index in [0.29, 0.717) is 73.1 Å². The number of anilines is 1. The number of carbonyl (C=O) groups excluding carboxylic acids is 1. The zero-order valence-electron chi connectivity index (χ0n) is 20.8. The molecule has 15 heteroatoms. The molecule has 2 aromatic rings. The summed E-state index contributed by atoms with van der Waals surface area (Å²) < 4.78 is 12.5. The van der Waals surface area contributed by atoms with Gasteiger partial charge in [0.1, 0.15) is 36.1 Å². The van der Waals surface area contributed by atoms with Gasteiger partial charge in [-0.05, 0) is 17.9 Å². The number of hydrogen-bond acceptors (Lipinski definition) is 11. The van der Waals surface area contributed by atoms with E-state index in [0.717, 1.165) is 0 Å². The SMILES string of the molecule is C=CCNc1ncnc2c1ncn2[C@@H]1O[C@H](C[S+](CC#CCCCN=[N+]=[N-])CCC(N)OC=O)C(O)[C@@H]1O. The molecule has 14 nitrogen and oxygen atoms in total. The maximum absolute atomic E-state index is 10.9. The molecule has 0 spiro atoms. The Balaban J connectivity index is 1.70. The van der Waals surface area contributed by atoms with Gasteiger partial charge in [0.15, 0.2) is 35.2 Å². The number of hydrogen-bond donors (Lipinski definition) is 4. The molecule has 3 rings (SSSR count). The van der Waals surface area contributed by atoms with Crippen LogP contribution in [0.25, 0.3) is 21.6 Å². The summed E-state index contributed by atoms with van der Waals surface area (Å²) in [4.78, 5) is 26.2. The number of rotatable bonds is 15. The van der Waals surface area contributed by atoms with Crippen molar-refractivity contribution in [3.8, 4) is 11.8 Å². The standard InChI is InChI=1S/C23H32N9O5S/c1-2-8-26-21-18-22(28-13-27-21)32(14-29-18)23-20(35)19(34)16(37-23)12-38(11-7-17(24)36-15-33)10-6-4-3-5-9-30-31-25/h2,13-17,19-20,23,34-35H,1,3,5,7-12,24H2,(H,26,27,28)/q+1/t16-,17?,19?,20+,23-,38?/m1/s1. The van der Waals surface area contributed by atoms with Crippen molar-refractivity contribution in [2.45, 2.75) is 50.0 Å². The highest BCUT2D eigenvalue weighted by Crippen LogP contribution is 2.33. The molecule has 0 amide bonds. The topological polar surface area (TPSA) is 206 Å². The van der Waals surface area contributed by atoms with Gasteiger partial charge in [0.25, 0.3) is 6.47 Å². The first kappa shape index (κ1) is 29.2. The van der Waals surface area contributed by atoms with Crippen LogP contribution in [0.2, 0.25) is 0 Å². The van der Waals surface area contributed by atoms with Crippen molar-refractivity contribution < 1.29 is 24.5 Å². The van der Waals surface area contributed by atoms with Crippen molar-refractivity contribution >= 4 is 34.3 Å². The van der Waals surface area contributed by atoms with E-state index >= 15 is 0 Å². The van der Waals surface area contributed by atoms with E-state index in [1.54, 1.807) is 10.6 Å². The zero-order valence-corrected chi connectivity index (χ0v) is 21.6. The van der Waals surface area contributed by atoms with Gasteiger partial charge in [-0.15, -0.1) is 6.58 Å². The van der Waals surface area contributed by atoms with Gasteiger partial charge in [0.2, 0.25) is 0 Å². The Hall–Kier alpha value is -3.38. The van der Waals surface area contributed by atoms with Gasteiger partial charge in [0.05, 0.1) is 6.33 Å². The molecule has 38 heavy (non-hydrogen) atoms. The lowest BCUT2D eigenvalue weighted by atomic mass is 10.1. The lowest BCUT2D eigenvalue weighted by molar-refractivity contribution is -0.133. The molecule has 3 heterocycles. The van der Waals surface area contributed by atoms with Crippen molar-refractivity contribution in [3.05, 3.63) is 35.8 Å². The molecule has 204 valence electrons. The van der Waals surface area contributed by atoms with E-state index in [4.69, 9.17) is 20.7 Å². The highest BCUT2D eigenvalue weighted by Gasteiger charge is 2.47. The maximum Gasteiger partial charge on any atom is 0.294 e. The number of ether oxygens (including phenoxy) is 2. The fourth-order valence-corrected chi connectivity index (χ4v) is 5.87. The number of nitrogens with two attached hydrogens (primary N) is 1. The van der Waals surface area contributed by atoms with Gasteiger partial charge in [-0.1, -0.05) is 17.1 Å². The average Bonchev–Trinajstić information content (AvgIpc) is 3.46. The molecule has 2 aromatic heterocycles. The Bertz CT molecular complexity index is 1180. The van der Waals surface area contributed by atoms with E-state index in [-0.39, 0.29) is 10.9 Å². The fourth-order valence-electron chi connectivity index (χ4n) is 3.83. The third-order valence-electron chi connectivity index (χ3n) is 5.73. The van der Waals surface area contributed by atoms with Crippen molar-refractivity contribution in [3.63, 3.8) is 0 Å². The van der Waals surface area contributed by atoms with Crippen LogP contribution in [0.1, 0.15) is 25.5 Å². The number of aliphatic hydroxyl groups is 2. The summed E-state index contributed by atoms with van der Waals surface area (Å²) in [6.45, 7) is 4.87. The quantitative estimate of drug-likeness (QED) is 0.0281. The Labute approximate surface area is 222 Å². The molecule has 1 aliphatic heterocycles. The number of aliphatic hydroxyl groups excluding tert-OH is 2. The summed E-state index contributed by atoms with van der Waals surface area (Å²) in [5.74, 6) is 8.25. The second-order valence-electron chi connectivity index (χ2n) is 8.36. The van der Waals surface area contributed by atoms with Gasteiger partial charge < -0.3 is 25.0 Å². The predicted octanol–water partition coefficient (Wildman–Crippen LogP) is 0.604. The summed E-state index contributed by atoms with van der Waals surface area (Å²) in [6, 6.07) is 0. The van der Waals surface area contributed by atoms with Gasteiger partial charge in [-0.3, -0.25) is 15.1 Å². The molecule has 0 aliphatic carbocycles. The van der Waals surface area contributed by atoms with Gasteiger partial charge in [-0.25, -0.2) is 15.0 Å². The Morgan fingerprint density at radius 3 is 3.00 bits per heavy atom. The van der Waals surface area contributed by atoms with E-state index in [9.17, 15) is 15.0 Å². The smallest absolute Gasteiger partial charge is 0.294 e. The Kier molecular flexibility index (Phi) is 11.6. The van der Waals surface area contributed by atoms with Crippen LogP contribution < -0.4 is 11.1 Å². The molecule has 0 aromatic carbocycles. The van der Waals surface area contributed by atoms with Gasteiger partial charge in [-0.2, -0.15) is 0 Å². The van der Waals surface area contributed by atoms with Gasteiger partial charge >= 0.3 is 0 Å². The van der Waals surface area contributed by atoms with Crippen molar-refractivity contribution in [1.29, 1.82) is 0 Å². The van der Waals surface area contributed by atoms with E-state index in [2.05, 4.69) is 48.7 Å².